The van der Waals surface area contributed by atoms with Gasteiger partial charge < -0.3 is 15.2 Å². The number of esters is 1. The van der Waals surface area contributed by atoms with Crippen LogP contribution in [0.1, 0.15) is 34.5 Å². The van der Waals surface area contributed by atoms with Gasteiger partial charge in [-0.2, -0.15) is 0 Å². The van der Waals surface area contributed by atoms with Crippen LogP contribution in [0.2, 0.25) is 0 Å². The highest BCUT2D eigenvalue weighted by Gasteiger charge is 2.25. The number of nitrogens with one attached hydrogen (secondary N) is 1. The second-order valence-electron chi connectivity index (χ2n) is 5.90. The Morgan fingerprint density at radius 2 is 2.19 bits per heavy atom. The molecular formula is C16H22N2O3. The number of hydrogen-bond acceptors (Lipinski definition) is 5. The van der Waals surface area contributed by atoms with E-state index in [1.807, 2.05) is 19.1 Å². The zero-order chi connectivity index (χ0) is 14.8. The fraction of sp³-hybridized carbons (Fsp3) is 0.562. The summed E-state index contributed by atoms with van der Waals surface area (Å²) in [5, 5.41) is 13.7. The lowest BCUT2D eigenvalue weighted by Gasteiger charge is -2.29. The van der Waals surface area contributed by atoms with Crippen molar-refractivity contribution >= 4 is 5.97 Å². The zero-order valence-corrected chi connectivity index (χ0v) is 12.3. The molecule has 1 unspecified atom stereocenters. The van der Waals surface area contributed by atoms with E-state index in [1.165, 1.54) is 0 Å². The van der Waals surface area contributed by atoms with Gasteiger partial charge in [-0.15, -0.1) is 0 Å². The predicted octanol–water partition coefficient (Wildman–Crippen LogP) is 0.727. The number of cyclic esters (lactones) is 1. The molecule has 1 fully saturated rings. The monoisotopic (exact) mass is 290 g/mol. The molecule has 114 valence electrons. The molecule has 0 spiro atoms. The van der Waals surface area contributed by atoms with Crippen molar-refractivity contribution in [1.29, 1.82) is 0 Å². The first-order valence-electron chi connectivity index (χ1n) is 7.58. The largest absolute Gasteiger partial charge is 0.459 e. The zero-order valence-electron chi connectivity index (χ0n) is 12.3. The van der Waals surface area contributed by atoms with Crippen LogP contribution >= 0.6 is 0 Å². The number of rotatable bonds is 3. The number of fused-ring (bicyclic) bond motifs is 1. The Balaban J connectivity index is 1.73. The van der Waals surface area contributed by atoms with E-state index in [4.69, 9.17) is 4.74 Å². The van der Waals surface area contributed by atoms with Crippen LogP contribution in [-0.2, 0) is 11.2 Å². The number of carbonyl (C=O) groups excluding carboxylic acids is 1. The highest BCUT2D eigenvalue weighted by Crippen LogP contribution is 2.25. The second-order valence-corrected chi connectivity index (χ2v) is 5.90. The molecule has 5 nitrogen and oxygen atoms in total. The Morgan fingerprint density at radius 3 is 2.95 bits per heavy atom. The van der Waals surface area contributed by atoms with Crippen LogP contribution in [0.5, 0.6) is 0 Å². The van der Waals surface area contributed by atoms with Crippen molar-refractivity contribution in [2.24, 2.45) is 0 Å². The summed E-state index contributed by atoms with van der Waals surface area (Å²) in [6.45, 7) is 6.41. The van der Waals surface area contributed by atoms with Crippen molar-refractivity contribution < 1.29 is 14.6 Å². The molecule has 0 aliphatic carbocycles. The molecular weight excluding hydrogens is 268 g/mol. The van der Waals surface area contributed by atoms with E-state index in [9.17, 15) is 9.90 Å². The molecule has 21 heavy (non-hydrogen) atoms. The maximum Gasteiger partial charge on any atom is 0.338 e. The number of nitrogens with zero attached hydrogens (tertiary/aromatic N) is 1. The molecule has 2 atom stereocenters. The van der Waals surface area contributed by atoms with Gasteiger partial charge in [-0.05, 0) is 24.1 Å². The first kappa shape index (κ1) is 14.5. The van der Waals surface area contributed by atoms with E-state index in [-0.39, 0.29) is 12.1 Å². The molecule has 1 saturated heterocycles. The van der Waals surface area contributed by atoms with Gasteiger partial charge in [-0.3, -0.25) is 4.90 Å². The lowest BCUT2D eigenvalue weighted by Crippen LogP contribution is -2.45. The third-order valence-electron chi connectivity index (χ3n) is 4.19. The quantitative estimate of drug-likeness (QED) is 0.804. The molecule has 2 N–H and O–H groups in total. The van der Waals surface area contributed by atoms with Crippen LogP contribution in [0, 0.1) is 0 Å². The molecule has 2 heterocycles. The molecule has 2 aliphatic heterocycles. The SMILES string of the molecule is C[C@H]1Cc2cc(C(O)CN3CCNCC3)ccc2C(=O)O1. The molecule has 0 saturated carbocycles. The summed E-state index contributed by atoms with van der Waals surface area (Å²) >= 11 is 0. The molecule has 0 radical (unpaired) electrons. The number of aliphatic hydroxyl groups excluding tert-OH is 1. The Hall–Kier alpha value is -1.43. The average Bonchev–Trinajstić information content (AvgIpc) is 2.47. The topological polar surface area (TPSA) is 61.8 Å². The van der Waals surface area contributed by atoms with Gasteiger partial charge >= 0.3 is 5.97 Å². The van der Waals surface area contributed by atoms with E-state index in [2.05, 4.69) is 10.2 Å². The van der Waals surface area contributed by atoms with Crippen molar-refractivity contribution in [3.63, 3.8) is 0 Å². The predicted molar refractivity (Wildman–Crippen MR) is 79.3 cm³/mol. The van der Waals surface area contributed by atoms with Gasteiger partial charge in [-0.1, -0.05) is 12.1 Å². The number of carbonyl (C=O) groups is 1. The molecule has 5 heteroatoms. The van der Waals surface area contributed by atoms with Gasteiger partial charge in [0.15, 0.2) is 0 Å². The summed E-state index contributed by atoms with van der Waals surface area (Å²) in [6, 6.07) is 5.57. The Bertz CT molecular complexity index is 526. The van der Waals surface area contributed by atoms with Crippen molar-refractivity contribution in [3.8, 4) is 0 Å². The number of aliphatic hydroxyl groups is 1. The summed E-state index contributed by atoms with van der Waals surface area (Å²) in [7, 11) is 0. The molecule has 3 rings (SSSR count). The summed E-state index contributed by atoms with van der Waals surface area (Å²) in [5.74, 6) is -0.258. The normalized spacial score (nSPS) is 24.3. The number of β-amino-alcohol motifs (C(OH)–C–C–N with tert-alkyl or cyclic N) is 1. The molecule has 1 aromatic rings. The first-order chi connectivity index (χ1) is 10.1. The molecule has 0 amide bonds. The minimum atomic E-state index is -0.512. The third-order valence-corrected chi connectivity index (χ3v) is 4.19. The molecule has 1 aromatic carbocycles. The van der Waals surface area contributed by atoms with Gasteiger partial charge in [0, 0.05) is 39.1 Å². The highest BCUT2D eigenvalue weighted by molar-refractivity contribution is 5.92. The first-order valence-corrected chi connectivity index (χ1v) is 7.58. The van der Waals surface area contributed by atoms with Crippen molar-refractivity contribution in [3.05, 3.63) is 34.9 Å². The lowest BCUT2D eigenvalue weighted by atomic mass is 9.95. The fourth-order valence-corrected chi connectivity index (χ4v) is 3.03. The summed E-state index contributed by atoms with van der Waals surface area (Å²) in [4.78, 5) is 14.1. The summed E-state index contributed by atoms with van der Waals surface area (Å²) in [6.07, 6.45) is 0.113. The van der Waals surface area contributed by atoms with E-state index < -0.39 is 6.10 Å². The minimum Gasteiger partial charge on any atom is -0.459 e. The van der Waals surface area contributed by atoms with Crippen LogP contribution in [0.25, 0.3) is 0 Å². The van der Waals surface area contributed by atoms with E-state index in [0.717, 1.165) is 43.7 Å². The maximum atomic E-state index is 11.8. The Kier molecular flexibility index (Phi) is 4.24. The van der Waals surface area contributed by atoms with Crippen LogP contribution in [0.15, 0.2) is 18.2 Å². The van der Waals surface area contributed by atoms with Gasteiger partial charge in [-0.25, -0.2) is 4.79 Å². The van der Waals surface area contributed by atoms with Crippen molar-refractivity contribution in [1.82, 2.24) is 10.2 Å². The van der Waals surface area contributed by atoms with E-state index in [0.29, 0.717) is 12.1 Å². The Morgan fingerprint density at radius 1 is 1.43 bits per heavy atom. The van der Waals surface area contributed by atoms with Gasteiger partial charge in [0.25, 0.3) is 0 Å². The van der Waals surface area contributed by atoms with Crippen molar-refractivity contribution in [2.45, 2.75) is 25.6 Å². The lowest BCUT2D eigenvalue weighted by molar-refractivity contribution is 0.0300. The summed E-state index contributed by atoms with van der Waals surface area (Å²) < 4.78 is 5.22. The van der Waals surface area contributed by atoms with Gasteiger partial charge in [0.2, 0.25) is 0 Å². The minimum absolute atomic E-state index is 0.0921. The maximum absolute atomic E-state index is 11.8. The third kappa shape index (κ3) is 3.26. The van der Waals surface area contributed by atoms with Crippen LogP contribution in [0.4, 0.5) is 0 Å². The van der Waals surface area contributed by atoms with E-state index in [1.54, 1.807) is 6.07 Å². The average molecular weight is 290 g/mol. The standard InChI is InChI=1S/C16H22N2O3/c1-11-8-13-9-12(2-3-14(13)16(20)21-11)15(19)10-18-6-4-17-5-7-18/h2-3,9,11,15,17,19H,4-8,10H2,1H3/t11-,15?/m0/s1. The van der Waals surface area contributed by atoms with Crippen molar-refractivity contribution in [2.75, 3.05) is 32.7 Å². The summed E-state index contributed by atoms with van der Waals surface area (Å²) in [5.41, 5.74) is 2.50. The van der Waals surface area contributed by atoms with Crippen LogP contribution in [-0.4, -0.2) is 54.8 Å². The fourth-order valence-electron chi connectivity index (χ4n) is 3.03. The molecule has 0 bridgehead atoms. The number of benzene rings is 1. The number of hydrogen-bond donors (Lipinski definition) is 2. The van der Waals surface area contributed by atoms with Gasteiger partial charge in [0.1, 0.15) is 6.10 Å². The van der Waals surface area contributed by atoms with E-state index >= 15 is 0 Å². The Labute approximate surface area is 124 Å². The van der Waals surface area contributed by atoms with Gasteiger partial charge in [0.05, 0.1) is 11.7 Å². The molecule has 2 aliphatic rings. The smallest absolute Gasteiger partial charge is 0.338 e. The molecule has 0 aromatic heterocycles. The number of ether oxygens (including phenoxy) is 1. The second kappa shape index (κ2) is 6.13. The van der Waals surface area contributed by atoms with Crippen LogP contribution < -0.4 is 5.32 Å². The van der Waals surface area contributed by atoms with Crippen LogP contribution in [0.3, 0.4) is 0 Å². The number of piperazine rings is 1. The highest BCUT2D eigenvalue weighted by atomic mass is 16.5.